The summed E-state index contributed by atoms with van der Waals surface area (Å²) >= 11 is 0. The monoisotopic (exact) mass is 415 g/mol. The molecular formula is C21H35Cl2N3O. The fraction of sp³-hybridized carbons (Fsp3) is 0.667. The number of rotatable bonds is 7. The first-order chi connectivity index (χ1) is 12.2. The average molecular weight is 416 g/mol. The molecule has 1 aliphatic heterocycles. The Morgan fingerprint density at radius 3 is 2.26 bits per heavy atom. The van der Waals surface area contributed by atoms with Gasteiger partial charge in [-0.1, -0.05) is 49.6 Å². The summed E-state index contributed by atoms with van der Waals surface area (Å²) in [4.78, 5) is 15.1. The molecule has 1 aliphatic carbocycles. The van der Waals surface area contributed by atoms with Crippen molar-refractivity contribution in [2.75, 3.05) is 26.2 Å². The van der Waals surface area contributed by atoms with Gasteiger partial charge in [0.1, 0.15) is 0 Å². The van der Waals surface area contributed by atoms with Crippen LogP contribution in [0.15, 0.2) is 30.3 Å². The van der Waals surface area contributed by atoms with Crippen molar-refractivity contribution >= 4 is 30.7 Å². The van der Waals surface area contributed by atoms with Gasteiger partial charge in [0.25, 0.3) is 0 Å². The molecule has 1 aromatic rings. The number of halogens is 2. The van der Waals surface area contributed by atoms with Crippen molar-refractivity contribution in [1.82, 2.24) is 10.2 Å². The van der Waals surface area contributed by atoms with E-state index in [1.165, 1.54) is 37.7 Å². The molecule has 3 N–H and O–H groups in total. The van der Waals surface area contributed by atoms with Crippen LogP contribution in [0.2, 0.25) is 0 Å². The highest BCUT2D eigenvalue weighted by atomic mass is 35.5. The topological polar surface area (TPSA) is 58.4 Å². The smallest absolute Gasteiger partial charge is 0.220 e. The molecule has 4 nitrogen and oxygen atoms in total. The van der Waals surface area contributed by atoms with Gasteiger partial charge in [0.2, 0.25) is 5.91 Å². The molecule has 0 aromatic heterocycles. The summed E-state index contributed by atoms with van der Waals surface area (Å²) in [6.45, 7) is 3.59. The van der Waals surface area contributed by atoms with Gasteiger partial charge in [0.15, 0.2) is 0 Å². The van der Waals surface area contributed by atoms with Crippen LogP contribution in [0.5, 0.6) is 0 Å². The summed E-state index contributed by atoms with van der Waals surface area (Å²) in [5.41, 5.74) is 7.39. The van der Waals surface area contributed by atoms with E-state index in [4.69, 9.17) is 5.73 Å². The normalized spacial score (nSPS) is 20.2. The van der Waals surface area contributed by atoms with Crippen LogP contribution in [0.1, 0.15) is 63.0 Å². The third-order valence-corrected chi connectivity index (χ3v) is 6.14. The SMILES string of the molecule is Cl.Cl.NCC1(CC(=O)NCC(c2ccccc2)N2CCCC2)CCCCC1. The largest absolute Gasteiger partial charge is 0.354 e. The third-order valence-electron chi connectivity index (χ3n) is 6.14. The van der Waals surface area contributed by atoms with E-state index in [0.717, 1.165) is 25.9 Å². The Hall–Kier alpha value is -0.810. The molecule has 1 unspecified atom stereocenters. The second kappa shape index (κ2) is 11.9. The van der Waals surface area contributed by atoms with Crippen LogP contribution in [0.4, 0.5) is 0 Å². The van der Waals surface area contributed by atoms with Crippen LogP contribution in [-0.2, 0) is 4.79 Å². The maximum absolute atomic E-state index is 12.6. The first kappa shape index (κ1) is 24.2. The van der Waals surface area contributed by atoms with E-state index < -0.39 is 0 Å². The maximum atomic E-state index is 12.6. The molecule has 6 heteroatoms. The summed E-state index contributed by atoms with van der Waals surface area (Å²) in [7, 11) is 0. The molecule has 0 bridgehead atoms. The van der Waals surface area contributed by atoms with Crippen molar-refractivity contribution in [2.24, 2.45) is 11.1 Å². The van der Waals surface area contributed by atoms with Crippen molar-refractivity contribution in [3.8, 4) is 0 Å². The van der Waals surface area contributed by atoms with Crippen LogP contribution >= 0.6 is 24.8 Å². The number of carbonyl (C=O) groups excluding carboxylic acids is 1. The molecule has 27 heavy (non-hydrogen) atoms. The maximum Gasteiger partial charge on any atom is 0.220 e. The predicted molar refractivity (Wildman–Crippen MR) is 117 cm³/mol. The standard InChI is InChI=1S/C21H33N3O.2ClH/c22-17-21(11-5-2-6-12-21)15-20(25)23-16-19(24-13-7-8-14-24)18-9-3-1-4-10-18;;/h1,3-4,9-10,19H,2,5-8,11-17,22H2,(H,23,25);2*1H. The van der Waals surface area contributed by atoms with Crippen LogP contribution < -0.4 is 11.1 Å². The van der Waals surface area contributed by atoms with Crippen LogP contribution in [0.3, 0.4) is 0 Å². The minimum Gasteiger partial charge on any atom is -0.354 e. The van der Waals surface area contributed by atoms with Crippen molar-refractivity contribution in [1.29, 1.82) is 0 Å². The molecule has 0 radical (unpaired) electrons. The lowest BCUT2D eigenvalue weighted by Gasteiger charge is -2.36. The van der Waals surface area contributed by atoms with Gasteiger partial charge in [0, 0.05) is 13.0 Å². The number of benzene rings is 1. The second-order valence-electron chi connectivity index (χ2n) is 7.92. The zero-order valence-corrected chi connectivity index (χ0v) is 17.8. The Kier molecular flexibility index (Phi) is 10.7. The Balaban J connectivity index is 0.00000182. The van der Waals surface area contributed by atoms with E-state index in [-0.39, 0.29) is 42.2 Å². The number of likely N-dealkylation sites (tertiary alicyclic amines) is 1. The van der Waals surface area contributed by atoms with E-state index >= 15 is 0 Å². The zero-order chi connectivity index (χ0) is 17.5. The fourth-order valence-corrected chi connectivity index (χ4v) is 4.55. The first-order valence-corrected chi connectivity index (χ1v) is 9.98. The summed E-state index contributed by atoms with van der Waals surface area (Å²) in [6, 6.07) is 10.9. The molecule has 2 aliphatic rings. The molecule has 154 valence electrons. The summed E-state index contributed by atoms with van der Waals surface area (Å²) in [5, 5.41) is 3.23. The Morgan fingerprint density at radius 2 is 1.67 bits per heavy atom. The zero-order valence-electron chi connectivity index (χ0n) is 16.2. The minimum absolute atomic E-state index is 0. The van der Waals surface area contributed by atoms with Gasteiger partial charge in [-0.15, -0.1) is 24.8 Å². The number of nitrogens with two attached hydrogens (primary N) is 1. The molecule has 1 heterocycles. The fourth-order valence-electron chi connectivity index (χ4n) is 4.55. The number of amides is 1. The second-order valence-corrected chi connectivity index (χ2v) is 7.92. The van der Waals surface area contributed by atoms with E-state index in [9.17, 15) is 4.79 Å². The van der Waals surface area contributed by atoms with Crippen LogP contribution in [0, 0.1) is 5.41 Å². The van der Waals surface area contributed by atoms with Gasteiger partial charge in [-0.25, -0.2) is 0 Å². The van der Waals surface area contributed by atoms with Gasteiger partial charge >= 0.3 is 0 Å². The van der Waals surface area contributed by atoms with Gasteiger partial charge in [-0.3, -0.25) is 9.69 Å². The quantitative estimate of drug-likeness (QED) is 0.704. The minimum atomic E-state index is 0. The van der Waals surface area contributed by atoms with E-state index in [1.807, 2.05) is 0 Å². The Bertz CT molecular complexity index is 544. The Labute approximate surface area is 176 Å². The van der Waals surface area contributed by atoms with E-state index in [2.05, 4.69) is 40.5 Å². The lowest BCUT2D eigenvalue weighted by Crippen LogP contribution is -2.41. The first-order valence-electron chi connectivity index (χ1n) is 9.98. The molecule has 2 fully saturated rings. The van der Waals surface area contributed by atoms with Crippen molar-refractivity contribution in [2.45, 2.75) is 57.4 Å². The molecular weight excluding hydrogens is 381 g/mol. The number of hydrogen-bond acceptors (Lipinski definition) is 3. The highest BCUT2D eigenvalue weighted by molar-refractivity contribution is 5.85. The van der Waals surface area contributed by atoms with Gasteiger partial charge in [0.05, 0.1) is 6.04 Å². The van der Waals surface area contributed by atoms with Gasteiger partial charge < -0.3 is 11.1 Å². The van der Waals surface area contributed by atoms with Crippen molar-refractivity contribution in [3.63, 3.8) is 0 Å². The van der Waals surface area contributed by atoms with Gasteiger partial charge in [-0.05, 0) is 56.3 Å². The van der Waals surface area contributed by atoms with Crippen molar-refractivity contribution < 1.29 is 4.79 Å². The molecule has 1 saturated heterocycles. The molecule has 3 rings (SSSR count). The van der Waals surface area contributed by atoms with Crippen LogP contribution in [0.25, 0.3) is 0 Å². The van der Waals surface area contributed by atoms with Crippen molar-refractivity contribution in [3.05, 3.63) is 35.9 Å². The molecule has 0 spiro atoms. The lowest BCUT2D eigenvalue weighted by atomic mass is 9.71. The average Bonchev–Trinajstić information content (AvgIpc) is 3.18. The predicted octanol–water partition coefficient (Wildman–Crippen LogP) is 4.08. The molecule has 1 saturated carbocycles. The van der Waals surface area contributed by atoms with E-state index in [0.29, 0.717) is 19.5 Å². The number of nitrogens with zero attached hydrogens (tertiary/aromatic N) is 1. The Morgan fingerprint density at radius 1 is 1.04 bits per heavy atom. The molecule has 1 aromatic carbocycles. The highest BCUT2D eigenvalue weighted by Crippen LogP contribution is 2.38. The molecule has 1 amide bonds. The molecule has 1 atom stereocenters. The summed E-state index contributed by atoms with van der Waals surface area (Å²) in [6.07, 6.45) is 9.02. The number of carbonyl (C=O) groups is 1. The lowest BCUT2D eigenvalue weighted by molar-refractivity contribution is -0.124. The number of nitrogens with one attached hydrogen (secondary N) is 1. The van der Waals surface area contributed by atoms with E-state index in [1.54, 1.807) is 0 Å². The third kappa shape index (κ3) is 6.63. The highest BCUT2D eigenvalue weighted by Gasteiger charge is 2.33. The summed E-state index contributed by atoms with van der Waals surface area (Å²) < 4.78 is 0. The number of hydrogen-bond donors (Lipinski definition) is 2. The summed E-state index contributed by atoms with van der Waals surface area (Å²) in [5.74, 6) is 0.174. The van der Waals surface area contributed by atoms with Crippen LogP contribution in [-0.4, -0.2) is 37.0 Å². The van der Waals surface area contributed by atoms with Gasteiger partial charge in [-0.2, -0.15) is 0 Å².